The highest BCUT2D eigenvalue weighted by Crippen LogP contribution is 2.30. The normalized spacial score (nSPS) is 25.3. The Hall–Kier alpha value is -0.660. The van der Waals surface area contributed by atoms with Crippen LogP contribution in [0, 0.1) is 0 Å². The Morgan fingerprint density at radius 1 is 1.83 bits per heavy atom. The minimum Gasteiger partial charge on any atom is -0.356 e. The van der Waals surface area contributed by atoms with E-state index in [2.05, 4.69) is 6.08 Å². The van der Waals surface area contributed by atoms with Crippen LogP contribution in [-0.4, -0.2) is 11.6 Å². The lowest BCUT2D eigenvalue weighted by Crippen LogP contribution is -1.88. The van der Waals surface area contributed by atoms with Crippen molar-refractivity contribution < 1.29 is 4.84 Å². The first-order valence-corrected chi connectivity index (χ1v) is 2.12. The van der Waals surface area contributed by atoms with Gasteiger partial charge in [0.15, 0.2) is 0 Å². The Bertz CT molecular complexity index is 108. The second kappa shape index (κ2) is 0.555. The van der Waals surface area contributed by atoms with Crippen molar-refractivity contribution in [2.24, 2.45) is 0 Å². The van der Waals surface area contributed by atoms with Crippen molar-refractivity contribution in [3.05, 3.63) is 12.0 Å². The van der Waals surface area contributed by atoms with E-state index >= 15 is 0 Å². The van der Waals surface area contributed by atoms with Gasteiger partial charge in [0.25, 0.3) is 5.88 Å². The van der Waals surface area contributed by atoms with Crippen LogP contribution in [0.25, 0.3) is 0 Å². The molecule has 1 saturated heterocycles. The van der Waals surface area contributed by atoms with Gasteiger partial charge in [0.2, 0.25) is 0 Å². The van der Waals surface area contributed by atoms with Crippen molar-refractivity contribution in [3.8, 4) is 0 Å². The molecule has 1 fully saturated rings. The standard InChI is InChI=1S/C4H5NO/c1-2-4-5(3-1)6-4/h2H,1,3H2. The van der Waals surface area contributed by atoms with Crippen LogP contribution in [0.4, 0.5) is 0 Å². The van der Waals surface area contributed by atoms with E-state index in [-0.39, 0.29) is 0 Å². The summed E-state index contributed by atoms with van der Waals surface area (Å²) in [5, 5.41) is 1.89. The van der Waals surface area contributed by atoms with Crippen molar-refractivity contribution in [1.29, 1.82) is 0 Å². The Balaban J connectivity index is 2.35. The van der Waals surface area contributed by atoms with Crippen LogP contribution < -0.4 is 0 Å². The lowest BCUT2D eigenvalue weighted by molar-refractivity contribution is 0.202. The number of nitrogens with zero attached hydrogens (tertiary/aromatic N) is 1. The molecule has 0 aromatic heterocycles. The van der Waals surface area contributed by atoms with Crippen LogP contribution in [0.5, 0.6) is 0 Å². The number of hydroxylamine groups is 2. The first-order valence-electron chi connectivity index (χ1n) is 2.12. The molecule has 0 unspecified atom stereocenters. The van der Waals surface area contributed by atoms with Crippen LogP contribution in [0.15, 0.2) is 12.0 Å². The molecule has 0 N–H and O–H groups in total. The largest absolute Gasteiger partial charge is 0.356 e. The molecule has 6 heavy (non-hydrogen) atoms. The van der Waals surface area contributed by atoms with Crippen LogP contribution in [0.1, 0.15) is 6.42 Å². The van der Waals surface area contributed by atoms with E-state index in [1.54, 1.807) is 0 Å². The first-order chi connectivity index (χ1) is 2.97. The highest BCUT2D eigenvalue weighted by atomic mass is 16.8. The molecule has 0 amide bonds. The average Bonchev–Trinajstić information content (AvgIpc) is 2.17. The minimum absolute atomic E-state index is 1.08. The summed E-state index contributed by atoms with van der Waals surface area (Å²) >= 11 is 0. The van der Waals surface area contributed by atoms with Gasteiger partial charge in [-0.25, -0.2) is 0 Å². The number of hydrogen-bond acceptors (Lipinski definition) is 2. The van der Waals surface area contributed by atoms with Crippen molar-refractivity contribution >= 4 is 0 Å². The predicted molar refractivity (Wildman–Crippen MR) is 20.5 cm³/mol. The molecule has 0 aromatic rings. The Morgan fingerprint density at radius 3 is 3.00 bits per heavy atom. The Kier molecular flexibility index (Phi) is 0.231. The van der Waals surface area contributed by atoms with Crippen molar-refractivity contribution in [1.82, 2.24) is 5.06 Å². The minimum atomic E-state index is 1.08. The molecular formula is C4H5NO. The molecule has 0 bridgehead atoms. The molecular weight excluding hydrogens is 78.0 g/mol. The van der Waals surface area contributed by atoms with E-state index in [4.69, 9.17) is 4.84 Å². The molecule has 2 aliphatic rings. The number of fused-ring (bicyclic) bond motifs is 1. The maximum atomic E-state index is 4.85. The molecule has 0 radical (unpaired) electrons. The monoisotopic (exact) mass is 83.0 g/mol. The van der Waals surface area contributed by atoms with Gasteiger partial charge in [0, 0.05) is 0 Å². The maximum absolute atomic E-state index is 4.85. The zero-order chi connectivity index (χ0) is 3.98. The van der Waals surface area contributed by atoms with Gasteiger partial charge < -0.3 is 4.84 Å². The predicted octanol–water partition coefficient (Wildman–Crippen LogP) is 0.479. The molecule has 2 heterocycles. The van der Waals surface area contributed by atoms with Gasteiger partial charge in [-0.2, -0.15) is 5.06 Å². The van der Waals surface area contributed by atoms with Gasteiger partial charge in [-0.1, -0.05) is 0 Å². The van der Waals surface area contributed by atoms with E-state index in [9.17, 15) is 0 Å². The van der Waals surface area contributed by atoms with Gasteiger partial charge in [0.05, 0.1) is 6.54 Å². The van der Waals surface area contributed by atoms with Crippen LogP contribution in [0.2, 0.25) is 0 Å². The van der Waals surface area contributed by atoms with Crippen molar-refractivity contribution in [2.45, 2.75) is 6.42 Å². The van der Waals surface area contributed by atoms with Gasteiger partial charge in [0.1, 0.15) is 0 Å². The maximum Gasteiger partial charge on any atom is 0.251 e. The summed E-state index contributed by atoms with van der Waals surface area (Å²) in [6.07, 6.45) is 3.27. The van der Waals surface area contributed by atoms with Gasteiger partial charge >= 0.3 is 0 Å². The second-order valence-corrected chi connectivity index (χ2v) is 1.52. The third-order valence-corrected chi connectivity index (χ3v) is 1.07. The van der Waals surface area contributed by atoms with E-state index in [1.807, 2.05) is 5.06 Å². The highest BCUT2D eigenvalue weighted by Gasteiger charge is 2.32. The smallest absolute Gasteiger partial charge is 0.251 e. The molecule has 0 aliphatic carbocycles. The number of hydrogen-bond donors (Lipinski definition) is 0. The van der Waals surface area contributed by atoms with Gasteiger partial charge in [-0.05, 0) is 12.5 Å². The fourth-order valence-electron chi connectivity index (χ4n) is 0.693. The summed E-state index contributed by atoms with van der Waals surface area (Å²) in [6, 6.07) is 0. The SMILES string of the molecule is C1=C2ON2CC1. The summed E-state index contributed by atoms with van der Waals surface area (Å²) < 4.78 is 0. The molecule has 0 aromatic carbocycles. The Morgan fingerprint density at radius 2 is 2.83 bits per heavy atom. The second-order valence-electron chi connectivity index (χ2n) is 1.52. The van der Waals surface area contributed by atoms with Gasteiger partial charge in [-0.3, -0.25) is 0 Å². The van der Waals surface area contributed by atoms with Crippen LogP contribution in [-0.2, 0) is 4.84 Å². The molecule has 0 spiro atoms. The van der Waals surface area contributed by atoms with E-state index < -0.39 is 0 Å². The molecule has 0 atom stereocenters. The molecule has 0 saturated carbocycles. The first kappa shape index (κ1) is 2.50. The summed E-state index contributed by atoms with van der Waals surface area (Å²) in [4.78, 5) is 4.85. The lowest BCUT2D eigenvalue weighted by atomic mass is 10.5. The third-order valence-electron chi connectivity index (χ3n) is 1.07. The molecule has 2 nitrogen and oxygen atoms in total. The van der Waals surface area contributed by atoms with E-state index in [0.29, 0.717) is 0 Å². The summed E-state index contributed by atoms with van der Waals surface area (Å²) in [5.41, 5.74) is 0. The fourth-order valence-corrected chi connectivity index (χ4v) is 0.693. The Labute approximate surface area is 36.0 Å². The fraction of sp³-hybridized carbons (Fsp3) is 0.500. The lowest BCUT2D eigenvalue weighted by Gasteiger charge is -1.80. The third kappa shape index (κ3) is 0.142. The van der Waals surface area contributed by atoms with Crippen molar-refractivity contribution in [2.75, 3.05) is 6.54 Å². The number of rotatable bonds is 0. The topological polar surface area (TPSA) is 15.5 Å². The summed E-state index contributed by atoms with van der Waals surface area (Å²) in [5.74, 6) is 1.08. The summed E-state index contributed by atoms with van der Waals surface area (Å²) in [6.45, 7) is 1.08. The zero-order valence-corrected chi connectivity index (χ0v) is 3.35. The van der Waals surface area contributed by atoms with Crippen LogP contribution >= 0.6 is 0 Å². The summed E-state index contributed by atoms with van der Waals surface area (Å²) in [7, 11) is 0. The quantitative estimate of drug-likeness (QED) is 0.396. The zero-order valence-electron chi connectivity index (χ0n) is 3.35. The molecule has 32 valence electrons. The van der Waals surface area contributed by atoms with E-state index in [1.165, 1.54) is 6.42 Å². The average molecular weight is 83.1 g/mol. The molecule has 2 heteroatoms. The molecule has 2 aliphatic heterocycles. The van der Waals surface area contributed by atoms with E-state index in [0.717, 1.165) is 12.4 Å². The van der Waals surface area contributed by atoms with Crippen LogP contribution in [0.3, 0.4) is 0 Å². The molecule has 2 rings (SSSR count). The highest BCUT2D eigenvalue weighted by molar-refractivity contribution is 5.05. The van der Waals surface area contributed by atoms with Gasteiger partial charge in [-0.15, -0.1) is 0 Å². The van der Waals surface area contributed by atoms with Crippen molar-refractivity contribution in [3.63, 3.8) is 0 Å².